The van der Waals surface area contributed by atoms with Crippen molar-refractivity contribution in [3.63, 3.8) is 0 Å². The first-order chi connectivity index (χ1) is 17.0. The van der Waals surface area contributed by atoms with Crippen molar-refractivity contribution in [3.05, 3.63) is 96.1 Å². The molecule has 9 heteroatoms. The maximum atomic E-state index is 14.0. The van der Waals surface area contributed by atoms with E-state index in [1.54, 1.807) is 30.6 Å². The molecular formula is C26H29F2N7. The number of para-hydroxylation sites is 1. The molecule has 0 atom stereocenters. The molecule has 0 saturated carbocycles. The molecule has 7 nitrogen and oxygen atoms in total. The van der Waals surface area contributed by atoms with Gasteiger partial charge < -0.3 is 21.3 Å². The highest BCUT2D eigenvalue weighted by molar-refractivity contribution is 6.06. The number of rotatable bonds is 9. The molecule has 1 saturated heterocycles. The average Bonchev–Trinajstić information content (AvgIpc) is 2.87. The van der Waals surface area contributed by atoms with Crippen molar-refractivity contribution in [2.24, 2.45) is 15.7 Å². The van der Waals surface area contributed by atoms with Gasteiger partial charge in [0.1, 0.15) is 23.2 Å². The van der Waals surface area contributed by atoms with E-state index in [0.29, 0.717) is 11.3 Å². The Labute approximate surface area is 204 Å². The van der Waals surface area contributed by atoms with E-state index in [9.17, 15) is 8.78 Å². The van der Waals surface area contributed by atoms with Crippen LogP contribution in [0, 0.1) is 11.6 Å². The molecule has 0 unspecified atom stereocenters. The Morgan fingerprint density at radius 2 is 1.94 bits per heavy atom. The van der Waals surface area contributed by atoms with E-state index < -0.39 is 11.6 Å². The van der Waals surface area contributed by atoms with Gasteiger partial charge in [-0.3, -0.25) is 15.0 Å². The lowest BCUT2D eigenvalue weighted by Crippen LogP contribution is -2.47. The van der Waals surface area contributed by atoms with Crippen molar-refractivity contribution in [2.45, 2.75) is 0 Å². The van der Waals surface area contributed by atoms with Crippen LogP contribution in [-0.4, -0.2) is 55.2 Å². The molecule has 182 valence electrons. The van der Waals surface area contributed by atoms with Crippen molar-refractivity contribution >= 4 is 30.0 Å². The monoisotopic (exact) mass is 477 g/mol. The number of allylic oxidation sites excluding steroid dienone is 1. The van der Waals surface area contributed by atoms with E-state index in [2.05, 4.69) is 45.4 Å². The lowest BCUT2D eigenvalue weighted by molar-refractivity contribution is 0.357. The molecule has 1 aliphatic heterocycles. The Balaban J connectivity index is 1.97. The molecule has 1 aliphatic rings. The van der Waals surface area contributed by atoms with Gasteiger partial charge in [0.2, 0.25) is 0 Å². The minimum Gasteiger partial charge on any atom is -0.405 e. The predicted octanol–water partition coefficient (Wildman–Crippen LogP) is 4.01. The van der Waals surface area contributed by atoms with Crippen molar-refractivity contribution in [1.82, 2.24) is 15.2 Å². The van der Waals surface area contributed by atoms with E-state index >= 15 is 0 Å². The first-order valence-electron chi connectivity index (χ1n) is 11.0. The Hall–Kier alpha value is -4.11. The quantitative estimate of drug-likeness (QED) is 0.288. The average molecular weight is 478 g/mol. The minimum absolute atomic E-state index is 0.225. The molecule has 0 amide bonds. The van der Waals surface area contributed by atoms with E-state index in [1.807, 2.05) is 0 Å². The lowest BCUT2D eigenvalue weighted by Gasteiger charge is -2.31. The second-order valence-electron chi connectivity index (χ2n) is 7.69. The third-order valence-corrected chi connectivity index (χ3v) is 5.32. The number of nitrogens with two attached hydrogens (primary N) is 1. The Kier molecular flexibility index (Phi) is 9.02. The Bertz CT molecular complexity index is 1130. The smallest absolute Gasteiger partial charge is 0.149 e. The molecule has 2 aromatic rings. The van der Waals surface area contributed by atoms with Gasteiger partial charge in [-0.05, 0) is 42.8 Å². The predicted molar refractivity (Wildman–Crippen MR) is 140 cm³/mol. The Morgan fingerprint density at radius 3 is 2.57 bits per heavy atom. The van der Waals surface area contributed by atoms with Crippen LogP contribution in [-0.2, 0) is 0 Å². The van der Waals surface area contributed by atoms with Crippen LogP contribution in [0.2, 0.25) is 0 Å². The second kappa shape index (κ2) is 12.4. The first kappa shape index (κ1) is 25.5. The maximum Gasteiger partial charge on any atom is 0.149 e. The molecule has 1 aromatic heterocycles. The summed E-state index contributed by atoms with van der Waals surface area (Å²) in [6, 6.07) is 3.64. The number of anilines is 1. The summed E-state index contributed by atoms with van der Waals surface area (Å²) in [5, 5.41) is 6.02. The topological polar surface area (TPSA) is 90.9 Å². The number of nitrogens with one attached hydrogen (secondary N) is 2. The molecule has 0 radical (unpaired) electrons. The molecule has 4 N–H and O–H groups in total. The van der Waals surface area contributed by atoms with Crippen LogP contribution in [0.4, 0.5) is 20.2 Å². The van der Waals surface area contributed by atoms with Crippen LogP contribution in [0.1, 0.15) is 11.1 Å². The van der Waals surface area contributed by atoms with Crippen LogP contribution in [0.15, 0.2) is 83.4 Å². The summed E-state index contributed by atoms with van der Waals surface area (Å²) < 4.78 is 28.1. The minimum atomic E-state index is -0.714. The number of halogens is 2. The highest BCUT2D eigenvalue weighted by atomic mass is 19.1. The molecule has 0 spiro atoms. The van der Waals surface area contributed by atoms with Gasteiger partial charge in [-0.15, -0.1) is 0 Å². The number of benzene rings is 1. The van der Waals surface area contributed by atoms with Crippen molar-refractivity contribution in [1.29, 1.82) is 0 Å². The van der Waals surface area contributed by atoms with E-state index in [1.165, 1.54) is 24.4 Å². The van der Waals surface area contributed by atoms with Gasteiger partial charge in [-0.2, -0.15) is 0 Å². The van der Waals surface area contributed by atoms with Crippen LogP contribution in [0.3, 0.4) is 0 Å². The zero-order valence-corrected chi connectivity index (χ0v) is 19.5. The molecule has 35 heavy (non-hydrogen) atoms. The van der Waals surface area contributed by atoms with Gasteiger partial charge in [0, 0.05) is 43.6 Å². The number of nitrogens with zero attached hydrogens (tertiary/aromatic N) is 4. The van der Waals surface area contributed by atoms with Gasteiger partial charge in [-0.25, -0.2) is 8.78 Å². The van der Waals surface area contributed by atoms with Crippen LogP contribution >= 0.6 is 0 Å². The normalized spacial score (nSPS) is 14.7. The lowest BCUT2D eigenvalue weighted by atomic mass is 10.1. The summed E-state index contributed by atoms with van der Waals surface area (Å²) in [5.74, 6) is -0.705. The summed E-state index contributed by atoms with van der Waals surface area (Å²) in [5.41, 5.74) is 8.51. The summed E-state index contributed by atoms with van der Waals surface area (Å²) >= 11 is 0. The third-order valence-electron chi connectivity index (χ3n) is 5.32. The molecular weight excluding hydrogens is 448 g/mol. The van der Waals surface area contributed by atoms with Crippen molar-refractivity contribution in [2.75, 3.05) is 38.0 Å². The standard InChI is InChI=1S/C26H29F2N7/c1-4-20-16-32-17-23(30-3)24(20)26(35-12-10-31-11-13-35)33-15-19(8-9-29)14-18(2)34-25-21(27)6-5-7-22(25)28/h4-9,14,16-17,31,34H,1-3,10-13,15,29H2/b9-8-,19-14+,33-26+. The highest BCUT2D eigenvalue weighted by Gasteiger charge is 2.21. The summed E-state index contributed by atoms with van der Waals surface area (Å²) in [4.78, 5) is 15.4. The largest absolute Gasteiger partial charge is 0.405 e. The van der Waals surface area contributed by atoms with Gasteiger partial charge in [0.05, 0.1) is 24.0 Å². The number of hydrogen-bond donors (Lipinski definition) is 3. The van der Waals surface area contributed by atoms with Gasteiger partial charge in [-0.1, -0.05) is 25.3 Å². The fraction of sp³-hybridized carbons (Fsp3) is 0.192. The molecule has 0 aliphatic carbocycles. The number of hydrogen-bond acceptors (Lipinski definition) is 6. The maximum absolute atomic E-state index is 14.0. The number of pyridine rings is 1. The summed E-state index contributed by atoms with van der Waals surface area (Å²) in [6.45, 7) is 14.8. The summed E-state index contributed by atoms with van der Waals surface area (Å²) in [7, 11) is 0. The second-order valence-corrected chi connectivity index (χ2v) is 7.69. The third kappa shape index (κ3) is 6.48. The fourth-order valence-electron chi connectivity index (χ4n) is 3.67. The first-order valence-corrected chi connectivity index (χ1v) is 11.0. The molecule has 0 bridgehead atoms. The SMILES string of the molecule is C=Cc1cncc(N=C)c1/C(=N\CC(/C=C\N)=C/C(=C)Nc1c(F)cccc1F)N1CCNCC1. The number of aliphatic imine (C=N–C) groups is 2. The van der Waals surface area contributed by atoms with Crippen LogP contribution < -0.4 is 16.4 Å². The number of aromatic nitrogens is 1. The van der Waals surface area contributed by atoms with E-state index in [0.717, 1.165) is 43.1 Å². The van der Waals surface area contributed by atoms with Gasteiger partial charge in [0.15, 0.2) is 0 Å². The molecule has 1 fully saturated rings. The fourth-order valence-corrected chi connectivity index (χ4v) is 3.67. The zero-order chi connectivity index (χ0) is 25.2. The summed E-state index contributed by atoms with van der Waals surface area (Å²) in [6.07, 6.45) is 9.73. The molecule has 3 rings (SSSR count). The van der Waals surface area contributed by atoms with E-state index in [4.69, 9.17) is 10.7 Å². The van der Waals surface area contributed by atoms with Gasteiger partial charge in [0.25, 0.3) is 0 Å². The van der Waals surface area contributed by atoms with Crippen LogP contribution in [0.25, 0.3) is 6.08 Å². The van der Waals surface area contributed by atoms with Crippen LogP contribution in [0.5, 0.6) is 0 Å². The highest BCUT2D eigenvalue weighted by Crippen LogP contribution is 2.25. The Morgan fingerprint density at radius 1 is 1.23 bits per heavy atom. The number of amidine groups is 1. The van der Waals surface area contributed by atoms with Gasteiger partial charge >= 0.3 is 0 Å². The van der Waals surface area contributed by atoms with Crippen molar-refractivity contribution < 1.29 is 8.78 Å². The molecule has 1 aromatic carbocycles. The van der Waals surface area contributed by atoms with E-state index in [-0.39, 0.29) is 17.9 Å². The molecule has 2 heterocycles. The number of piperazine rings is 1. The van der Waals surface area contributed by atoms with Crippen molar-refractivity contribution in [3.8, 4) is 0 Å². The zero-order valence-electron chi connectivity index (χ0n) is 19.5.